The van der Waals surface area contributed by atoms with E-state index in [2.05, 4.69) is 12.2 Å². The number of aliphatic hydroxyl groups is 1. The van der Waals surface area contributed by atoms with Gasteiger partial charge in [0.05, 0.1) is 0 Å². The van der Waals surface area contributed by atoms with Crippen molar-refractivity contribution < 1.29 is 9.90 Å². The lowest BCUT2D eigenvalue weighted by Gasteiger charge is -2.16. The molecule has 1 aromatic rings. The van der Waals surface area contributed by atoms with Gasteiger partial charge in [-0.05, 0) is 49.4 Å². The predicted octanol–water partition coefficient (Wildman–Crippen LogP) is 2.11. The minimum absolute atomic E-state index is 0.102. The molecule has 1 amide bonds. The molecule has 0 fully saturated rings. The number of rotatable bonds is 7. The van der Waals surface area contributed by atoms with Crippen molar-refractivity contribution in [3.05, 3.63) is 29.3 Å². The van der Waals surface area contributed by atoms with Crippen molar-refractivity contribution in [2.45, 2.75) is 33.1 Å². The molecule has 0 radical (unpaired) electrons. The van der Waals surface area contributed by atoms with Crippen LogP contribution in [-0.2, 0) is 0 Å². The second-order valence-electron chi connectivity index (χ2n) is 5.01. The molecule has 0 aromatic heterocycles. The van der Waals surface area contributed by atoms with Gasteiger partial charge in [-0.25, -0.2) is 0 Å². The summed E-state index contributed by atoms with van der Waals surface area (Å²) in [5.41, 5.74) is 7.91. The largest absolute Gasteiger partial charge is 0.399 e. The molecule has 0 aliphatic heterocycles. The van der Waals surface area contributed by atoms with E-state index in [0.717, 1.165) is 24.8 Å². The van der Waals surface area contributed by atoms with Gasteiger partial charge in [-0.3, -0.25) is 4.79 Å². The minimum atomic E-state index is -0.102. The predicted molar refractivity (Wildman–Crippen MR) is 78.0 cm³/mol. The van der Waals surface area contributed by atoms with Gasteiger partial charge in [0.2, 0.25) is 0 Å². The highest BCUT2D eigenvalue weighted by molar-refractivity contribution is 5.95. The number of nitrogens with two attached hydrogens (primary N) is 1. The van der Waals surface area contributed by atoms with E-state index in [1.807, 2.05) is 19.1 Å². The lowest BCUT2D eigenvalue weighted by Crippen LogP contribution is -2.29. The second kappa shape index (κ2) is 7.79. The molecule has 0 bridgehead atoms. The Hall–Kier alpha value is -1.55. The van der Waals surface area contributed by atoms with Crippen LogP contribution in [0.1, 0.15) is 42.1 Å². The average molecular weight is 264 g/mol. The van der Waals surface area contributed by atoms with Crippen LogP contribution in [0, 0.1) is 12.8 Å². The van der Waals surface area contributed by atoms with E-state index in [4.69, 9.17) is 10.8 Å². The molecule has 106 valence electrons. The summed E-state index contributed by atoms with van der Waals surface area (Å²) in [6.07, 6.45) is 2.79. The van der Waals surface area contributed by atoms with Crippen molar-refractivity contribution in [2.24, 2.45) is 5.92 Å². The van der Waals surface area contributed by atoms with Crippen molar-refractivity contribution in [2.75, 3.05) is 18.9 Å². The fourth-order valence-electron chi connectivity index (χ4n) is 2.22. The zero-order valence-corrected chi connectivity index (χ0v) is 11.8. The van der Waals surface area contributed by atoms with Crippen LogP contribution in [0.15, 0.2) is 18.2 Å². The molecule has 1 rings (SSSR count). The Labute approximate surface area is 115 Å². The first kappa shape index (κ1) is 15.5. The van der Waals surface area contributed by atoms with Crippen molar-refractivity contribution in [3.63, 3.8) is 0 Å². The first-order valence-corrected chi connectivity index (χ1v) is 6.83. The fraction of sp³-hybridized carbons (Fsp3) is 0.533. The SMILES string of the molecule is CCCC(CCO)CNC(=O)c1cc(C)cc(N)c1. The molecule has 1 atom stereocenters. The van der Waals surface area contributed by atoms with Crippen LogP contribution in [0.3, 0.4) is 0 Å². The zero-order chi connectivity index (χ0) is 14.3. The molecule has 4 nitrogen and oxygen atoms in total. The quantitative estimate of drug-likeness (QED) is 0.660. The lowest BCUT2D eigenvalue weighted by molar-refractivity contribution is 0.0943. The molecule has 4 N–H and O–H groups in total. The summed E-state index contributed by atoms with van der Waals surface area (Å²) in [7, 11) is 0. The smallest absolute Gasteiger partial charge is 0.251 e. The maximum atomic E-state index is 12.0. The van der Waals surface area contributed by atoms with Gasteiger partial charge in [0.1, 0.15) is 0 Å². The number of carbonyl (C=O) groups excluding carboxylic acids is 1. The molecule has 0 heterocycles. The molecule has 0 aliphatic carbocycles. The van der Waals surface area contributed by atoms with E-state index in [-0.39, 0.29) is 12.5 Å². The fourth-order valence-corrected chi connectivity index (χ4v) is 2.22. The third-order valence-electron chi connectivity index (χ3n) is 3.15. The monoisotopic (exact) mass is 264 g/mol. The first-order valence-electron chi connectivity index (χ1n) is 6.83. The van der Waals surface area contributed by atoms with Crippen LogP contribution in [-0.4, -0.2) is 24.2 Å². The number of aliphatic hydroxyl groups excluding tert-OH is 1. The minimum Gasteiger partial charge on any atom is -0.399 e. The number of hydrogen-bond donors (Lipinski definition) is 3. The number of carbonyl (C=O) groups is 1. The van der Waals surface area contributed by atoms with Gasteiger partial charge in [-0.1, -0.05) is 13.3 Å². The summed E-state index contributed by atoms with van der Waals surface area (Å²) in [6.45, 7) is 4.78. The molecule has 0 saturated carbocycles. The van der Waals surface area contributed by atoms with Gasteiger partial charge in [-0.2, -0.15) is 0 Å². The number of anilines is 1. The van der Waals surface area contributed by atoms with Gasteiger partial charge in [0.15, 0.2) is 0 Å². The van der Waals surface area contributed by atoms with Crippen molar-refractivity contribution >= 4 is 11.6 Å². The van der Waals surface area contributed by atoms with E-state index in [1.165, 1.54) is 0 Å². The highest BCUT2D eigenvalue weighted by Gasteiger charge is 2.11. The summed E-state index contributed by atoms with van der Waals surface area (Å²) in [5, 5.41) is 11.9. The number of nitrogens with one attached hydrogen (secondary N) is 1. The van der Waals surface area contributed by atoms with Gasteiger partial charge in [0, 0.05) is 24.4 Å². The highest BCUT2D eigenvalue weighted by atomic mass is 16.3. The maximum Gasteiger partial charge on any atom is 0.251 e. The van der Waals surface area contributed by atoms with E-state index in [9.17, 15) is 4.79 Å². The van der Waals surface area contributed by atoms with Crippen LogP contribution in [0.25, 0.3) is 0 Å². The second-order valence-corrected chi connectivity index (χ2v) is 5.01. The van der Waals surface area contributed by atoms with Crippen molar-refractivity contribution in [3.8, 4) is 0 Å². The van der Waals surface area contributed by atoms with E-state index >= 15 is 0 Å². The van der Waals surface area contributed by atoms with E-state index in [0.29, 0.717) is 23.7 Å². The highest BCUT2D eigenvalue weighted by Crippen LogP contribution is 2.13. The molecule has 0 spiro atoms. The summed E-state index contributed by atoms with van der Waals surface area (Å²) in [5.74, 6) is 0.232. The van der Waals surface area contributed by atoms with Gasteiger partial charge in [-0.15, -0.1) is 0 Å². The lowest BCUT2D eigenvalue weighted by atomic mass is 10.00. The van der Waals surface area contributed by atoms with Crippen LogP contribution in [0.2, 0.25) is 0 Å². The normalized spacial score (nSPS) is 12.2. The number of nitrogen functional groups attached to an aromatic ring is 1. The van der Waals surface area contributed by atoms with Gasteiger partial charge >= 0.3 is 0 Å². The van der Waals surface area contributed by atoms with Crippen LogP contribution >= 0.6 is 0 Å². The molecular weight excluding hydrogens is 240 g/mol. The number of aryl methyl sites for hydroxylation is 1. The molecular formula is C15H24N2O2. The third kappa shape index (κ3) is 5.30. The van der Waals surface area contributed by atoms with Crippen molar-refractivity contribution in [1.29, 1.82) is 0 Å². The van der Waals surface area contributed by atoms with Crippen LogP contribution in [0.5, 0.6) is 0 Å². The van der Waals surface area contributed by atoms with Gasteiger partial charge in [0.25, 0.3) is 5.91 Å². The van der Waals surface area contributed by atoms with E-state index < -0.39 is 0 Å². The summed E-state index contributed by atoms with van der Waals surface area (Å²) < 4.78 is 0. The Morgan fingerprint density at radius 2 is 2.11 bits per heavy atom. The standard InChI is InChI=1S/C15H24N2O2/c1-3-4-12(5-6-18)10-17-15(19)13-7-11(2)8-14(16)9-13/h7-9,12,18H,3-6,10,16H2,1-2H3,(H,17,19). The Kier molecular flexibility index (Phi) is 6.36. The van der Waals surface area contributed by atoms with Crippen molar-refractivity contribution in [1.82, 2.24) is 5.32 Å². The number of hydrogen-bond acceptors (Lipinski definition) is 3. The molecule has 19 heavy (non-hydrogen) atoms. The number of benzene rings is 1. The maximum absolute atomic E-state index is 12.0. The zero-order valence-electron chi connectivity index (χ0n) is 11.8. The topological polar surface area (TPSA) is 75.3 Å². The van der Waals surface area contributed by atoms with Crippen LogP contribution < -0.4 is 11.1 Å². The Morgan fingerprint density at radius 1 is 1.37 bits per heavy atom. The van der Waals surface area contributed by atoms with Crippen LogP contribution in [0.4, 0.5) is 5.69 Å². The Morgan fingerprint density at radius 3 is 2.68 bits per heavy atom. The molecule has 0 saturated heterocycles. The summed E-state index contributed by atoms with van der Waals surface area (Å²) in [6, 6.07) is 5.35. The summed E-state index contributed by atoms with van der Waals surface area (Å²) >= 11 is 0. The Bertz CT molecular complexity index is 392. The Balaban J connectivity index is 2.58. The third-order valence-corrected chi connectivity index (χ3v) is 3.15. The number of amides is 1. The molecule has 1 aromatic carbocycles. The molecule has 4 heteroatoms. The summed E-state index contributed by atoms with van der Waals surface area (Å²) in [4.78, 5) is 12.0. The average Bonchev–Trinajstić information content (AvgIpc) is 2.35. The molecule has 0 aliphatic rings. The van der Waals surface area contributed by atoms with Gasteiger partial charge < -0.3 is 16.2 Å². The first-order chi connectivity index (χ1) is 9.06. The van der Waals surface area contributed by atoms with E-state index in [1.54, 1.807) is 6.07 Å². The molecule has 1 unspecified atom stereocenters.